The lowest BCUT2D eigenvalue weighted by Gasteiger charge is -2.40. The van der Waals surface area contributed by atoms with Crippen molar-refractivity contribution in [2.75, 3.05) is 24.5 Å². The number of nitrogens with zero attached hydrogens (tertiary/aromatic N) is 4. The van der Waals surface area contributed by atoms with E-state index < -0.39 is 5.60 Å². The molecule has 7 heteroatoms. The van der Waals surface area contributed by atoms with Gasteiger partial charge < -0.3 is 18.9 Å². The van der Waals surface area contributed by atoms with E-state index in [1.807, 2.05) is 39.8 Å². The Kier molecular flexibility index (Phi) is 6.13. The number of ether oxygens (including phenoxy) is 1. The highest BCUT2D eigenvalue weighted by atomic mass is 79.9. The zero-order valence-corrected chi connectivity index (χ0v) is 19.4. The lowest BCUT2D eigenvalue weighted by atomic mass is 10.0. The summed E-state index contributed by atoms with van der Waals surface area (Å²) in [5, 5.41) is 0. The van der Waals surface area contributed by atoms with Crippen molar-refractivity contribution in [3.05, 3.63) is 39.8 Å². The molecule has 6 nitrogen and oxygen atoms in total. The van der Waals surface area contributed by atoms with Gasteiger partial charge in [0.1, 0.15) is 11.4 Å². The number of piperidine rings is 1. The summed E-state index contributed by atoms with van der Waals surface area (Å²) in [6, 6.07) is 4.29. The molecule has 2 aromatic rings. The molecule has 0 unspecified atom stereocenters. The summed E-state index contributed by atoms with van der Waals surface area (Å²) < 4.78 is 8.69. The predicted molar refractivity (Wildman–Crippen MR) is 120 cm³/mol. The largest absolute Gasteiger partial charge is 0.444 e. The van der Waals surface area contributed by atoms with Crippen LogP contribution in [0.5, 0.6) is 0 Å². The van der Waals surface area contributed by atoms with Gasteiger partial charge in [-0.15, -0.1) is 0 Å². The predicted octanol–water partition coefficient (Wildman–Crippen LogP) is 5.79. The zero-order chi connectivity index (χ0) is 21.3. The van der Waals surface area contributed by atoms with Crippen LogP contribution < -0.4 is 4.90 Å². The fourth-order valence-electron chi connectivity index (χ4n) is 4.02. The number of fused-ring (bicyclic) bond motifs is 1. The number of pyridine rings is 1. The molecule has 0 spiro atoms. The molecule has 2 aromatic heterocycles. The van der Waals surface area contributed by atoms with Gasteiger partial charge in [0, 0.05) is 41.9 Å². The van der Waals surface area contributed by atoms with Crippen molar-refractivity contribution in [3.63, 3.8) is 0 Å². The van der Waals surface area contributed by atoms with Crippen LogP contribution in [0.4, 0.5) is 16.3 Å². The highest BCUT2D eigenvalue weighted by Gasteiger charge is 2.30. The Morgan fingerprint density at radius 3 is 2.55 bits per heavy atom. The molecule has 156 valence electrons. The fourth-order valence-corrected chi connectivity index (χ4v) is 4.46. The quantitative estimate of drug-likeness (QED) is 0.544. The minimum Gasteiger partial charge on any atom is -0.444 e. The van der Waals surface area contributed by atoms with Crippen LogP contribution in [0.1, 0.15) is 46.1 Å². The van der Waals surface area contributed by atoms with Gasteiger partial charge in [-0.2, -0.15) is 0 Å². The maximum absolute atomic E-state index is 12.4. The van der Waals surface area contributed by atoms with Gasteiger partial charge in [-0.3, -0.25) is 0 Å². The molecule has 0 radical (unpaired) electrons. The van der Waals surface area contributed by atoms with E-state index in [1.165, 1.54) is 0 Å². The smallest absolute Gasteiger partial charge is 0.410 e. The van der Waals surface area contributed by atoms with E-state index in [4.69, 9.17) is 11.3 Å². The monoisotopic (exact) mass is 460 g/mol. The molecule has 0 bridgehead atoms. The molecule has 1 aliphatic heterocycles. The molecule has 0 aromatic carbocycles. The lowest BCUT2D eigenvalue weighted by molar-refractivity contribution is 0.0204. The van der Waals surface area contributed by atoms with E-state index >= 15 is 0 Å². The van der Waals surface area contributed by atoms with Crippen molar-refractivity contribution in [1.82, 2.24) is 9.30 Å². The number of hydrogen-bond donors (Lipinski definition) is 0. The third-order valence-electron chi connectivity index (χ3n) is 5.34. The Morgan fingerprint density at radius 2 is 2.00 bits per heavy atom. The average Bonchev–Trinajstić information content (AvgIpc) is 3.02. The van der Waals surface area contributed by atoms with Gasteiger partial charge in [-0.05, 0) is 81.1 Å². The number of rotatable bonds is 3. The standard InChI is InChI=1S/C22H29BrN4O2/c1-7-26(17-8-10-25(11-9-17)21(28)29-22(3,4)5)20-15(2)19(24-6)13-18-12-16(23)14-27(18)20/h12-14,17H,7-11H2,1-5H3. The summed E-state index contributed by atoms with van der Waals surface area (Å²) in [7, 11) is 0. The van der Waals surface area contributed by atoms with Crippen LogP contribution in [-0.4, -0.2) is 46.7 Å². The molecule has 0 N–H and O–H groups in total. The Morgan fingerprint density at radius 1 is 1.34 bits per heavy atom. The second kappa shape index (κ2) is 8.27. The molecule has 29 heavy (non-hydrogen) atoms. The van der Waals surface area contributed by atoms with Gasteiger partial charge in [0.25, 0.3) is 0 Å². The number of carbonyl (C=O) groups excluding carboxylic acids is 1. The van der Waals surface area contributed by atoms with E-state index in [2.05, 4.69) is 43.2 Å². The Bertz CT molecular complexity index is 946. The summed E-state index contributed by atoms with van der Waals surface area (Å²) in [6.45, 7) is 19.6. The highest BCUT2D eigenvalue weighted by molar-refractivity contribution is 9.10. The van der Waals surface area contributed by atoms with E-state index in [9.17, 15) is 4.79 Å². The maximum Gasteiger partial charge on any atom is 0.410 e. The summed E-state index contributed by atoms with van der Waals surface area (Å²) >= 11 is 3.57. The van der Waals surface area contributed by atoms with Gasteiger partial charge in [0.2, 0.25) is 0 Å². The van der Waals surface area contributed by atoms with Crippen LogP contribution in [0.2, 0.25) is 0 Å². The van der Waals surface area contributed by atoms with Crippen molar-refractivity contribution < 1.29 is 9.53 Å². The van der Waals surface area contributed by atoms with Crippen LogP contribution in [0.15, 0.2) is 22.8 Å². The number of carbonyl (C=O) groups is 1. The Balaban J connectivity index is 1.86. The topological polar surface area (TPSA) is 41.5 Å². The van der Waals surface area contributed by atoms with E-state index in [0.717, 1.165) is 40.8 Å². The van der Waals surface area contributed by atoms with Crippen molar-refractivity contribution in [1.29, 1.82) is 0 Å². The maximum atomic E-state index is 12.4. The number of aromatic nitrogens is 1. The first-order chi connectivity index (χ1) is 13.6. The van der Waals surface area contributed by atoms with E-state index in [-0.39, 0.29) is 6.09 Å². The lowest BCUT2D eigenvalue weighted by Crippen LogP contribution is -2.48. The summed E-state index contributed by atoms with van der Waals surface area (Å²) in [5.74, 6) is 1.07. The summed E-state index contributed by atoms with van der Waals surface area (Å²) in [5.41, 5.74) is 2.21. The van der Waals surface area contributed by atoms with Crippen molar-refractivity contribution >= 4 is 39.0 Å². The number of likely N-dealkylation sites (tertiary alicyclic amines) is 1. The average molecular weight is 461 g/mol. The number of anilines is 1. The molecule has 1 saturated heterocycles. The fraction of sp³-hybridized carbons (Fsp3) is 0.545. The van der Waals surface area contributed by atoms with E-state index in [0.29, 0.717) is 24.8 Å². The molecule has 1 amide bonds. The first-order valence-corrected chi connectivity index (χ1v) is 10.9. The van der Waals surface area contributed by atoms with Crippen LogP contribution in [0, 0.1) is 13.5 Å². The summed E-state index contributed by atoms with van der Waals surface area (Å²) in [6.07, 6.45) is 3.57. The second-order valence-corrected chi connectivity index (χ2v) is 9.44. The van der Waals surface area contributed by atoms with Gasteiger partial charge in [-0.25, -0.2) is 9.64 Å². The van der Waals surface area contributed by atoms with Crippen LogP contribution in [0.3, 0.4) is 0 Å². The van der Waals surface area contributed by atoms with Gasteiger partial charge >= 0.3 is 6.09 Å². The highest BCUT2D eigenvalue weighted by Crippen LogP contribution is 2.35. The first kappa shape index (κ1) is 21.5. The first-order valence-electron chi connectivity index (χ1n) is 10.1. The molecular formula is C22H29BrN4O2. The third-order valence-corrected chi connectivity index (χ3v) is 5.77. The third kappa shape index (κ3) is 4.53. The molecule has 1 fully saturated rings. The Labute approximate surface area is 181 Å². The number of halogens is 1. The molecule has 0 aliphatic carbocycles. The van der Waals surface area contributed by atoms with Crippen molar-refractivity contribution in [3.8, 4) is 0 Å². The molecule has 0 saturated carbocycles. The molecule has 1 aliphatic rings. The second-order valence-electron chi connectivity index (χ2n) is 8.53. The minimum absolute atomic E-state index is 0.234. The van der Waals surface area contributed by atoms with Gasteiger partial charge in [0.05, 0.1) is 6.57 Å². The normalized spacial score (nSPS) is 15.4. The van der Waals surface area contributed by atoms with E-state index in [1.54, 1.807) is 4.90 Å². The van der Waals surface area contributed by atoms with Crippen molar-refractivity contribution in [2.45, 2.75) is 59.1 Å². The molecule has 0 atom stereocenters. The van der Waals surface area contributed by atoms with Crippen molar-refractivity contribution in [2.24, 2.45) is 0 Å². The SMILES string of the molecule is [C-]#[N+]c1cc2cc(Br)cn2c(N(CC)C2CCN(C(=O)OC(C)(C)C)CC2)c1C. The molecule has 3 heterocycles. The molecular weight excluding hydrogens is 432 g/mol. The number of hydrogen-bond acceptors (Lipinski definition) is 3. The van der Waals surface area contributed by atoms with Crippen LogP contribution >= 0.6 is 15.9 Å². The zero-order valence-electron chi connectivity index (χ0n) is 17.8. The number of amides is 1. The van der Waals surface area contributed by atoms with Crippen LogP contribution in [-0.2, 0) is 4.74 Å². The minimum atomic E-state index is -0.478. The Hall–Kier alpha value is -2.20. The van der Waals surface area contributed by atoms with Gasteiger partial charge in [-0.1, -0.05) is 0 Å². The van der Waals surface area contributed by atoms with Crippen LogP contribution in [0.25, 0.3) is 10.4 Å². The molecule has 3 rings (SSSR count). The summed E-state index contributed by atoms with van der Waals surface area (Å²) in [4.78, 5) is 20.3. The van der Waals surface area contributed by atoms with Gasteiger partial charge in [0.15, 0.2) is 5.69 Å².